The second-order valence-electron chi connectivity index (χ2n) is 4.84. The van der Waals surface area contributed by atoms with Crippen LogP contribution in [0.2, 0.25) is 0 Å². The van der Waals surface area contributed by atoms with E-state index in [0.29, 0.717) is 31.8 Å². The standard InChI is InChI=1S/C15H21N3O3/c1-2-17-14(19)12-5-3-4-11(8-12)9-18-15(20)13-10-16-6-7-21-13/h3-5,8,13,16H,2,6-7,9-10H2,1H3,(H,17,19)(H,18,20). The molecule has 2 amide bonds. The van der Waals surface area contributed by atoms with Crippen LogP contribution in [0.4, 0.5) is 0 Å². The van der Waals surface area contributed by atoms with Gasteiger partial charge in [0.2, 0.25) is 0 Å². The summed E-state index contributed by atoms with van der Waals surface area (Å²) in [5.41, 5.74) is 1.48. The van der Waals surface area contributed by atoms with Gasteiger partial charge in [-0.15, -0.1) is 0 Å². The van der Waals surface area contributed by atoms with E-state index >= 15 is 0 Å². The summed E-state index contributed by atoms with van der Waals surface area (Å²) in [6.45, 7) is 4.70. The lowest BCUT2D eigenvalue weighted by Gasteiger charge is -2.22. The Balaban J connectivity index is 1.89. The quantitative estimate of drug-likeness (QED) is 0.716. The zero-order valence-corrected chi connectivity index (χ0v) is 12.1. The van der Waals surface area contributed by atoms with Crippen LogP contribution in [-0.2, 0) is 16.1 Å². The van der Waals surface area contributed by atoms with Gasteiger partial charge in [0.05, 0.1) is 6.61 Å². The summed E-state index contributed by atoms with van der Waals surface area (Å²) in [6, 6.07) is 7.23. The zero-order valence-electron chi connectivity index (χ0n) is 12.1. The predicted octanol–water partition coefficient (Wildman–Crippen LogP) is 0.0409. The summed E-state index contributed by atoms with van der Waals surface area (Å²) >= 11 is 0. The van der Waals surface area contributed by atoms with Crippen molar-refractivity contribution in [3.63, 3.8) is 0 Å². The Morgan fingerprint density at radius 2 is 2.24 bits per heavy atom. The van der Waals surface area contributed by atoms with Gasteiger partial charge >= 0.3 is 0 Å². The van der Waals surface area contributed by atoms with Gasteiger partial charge in [0, 0.05) is 31.7 Å². The number of carbonyl (C=O) groups is 2. The minimum Gasteiger partial charge on any atom is -0.366 e. The second kappa shape index (κ2) is 7.75. The highest BCUT2D eigenvalue weighted by Gasteiger charge is 2.21. The number of amides is 2. The number of hydrogen-bond acceptors (Lipinski definition) is 4. The fourth-order valence-electron chi connectivity index (χ4n) is 2.12. The van der Waals surface area contributed by atoms with Gasteiger partial charge in [0.1, 0.15) is 6.10 Å². The van der Waals surface area contributed by atoms with Crippen molar-refractivity contribution in [2.45, 2.75) is 19.6 Å². The molecular weight excluding hydrogens is 270 g/mol. The molecule has 114 valence electrons. The van der Waals surface area contributed by atoms with Crippen molar-refractivity contribution in [2.24, 2.45) is 0 Å². The summed E-state index contributed by atoms with van der Waals surface area (Å²) in [4.78, 5) is 23.7. The Morgan fingerprint density at radius 3 is 2.95 bits per heavy atom. The molecule has 0 radical (unpaired) electrons. The summed E-state index contributed by atoms with van der Waals surface area (Å²) < 4.78 is 5.38. The molecule has 3 N–H and O–H groups in total. The Hall–Kier alpha value is -1.92. The molecule has 1 unspecified atom stereocenters. The highest BCUT2D eigenvalue weighted by molar-refractivity contribution is 5.94. The highest BCUT2D eigenvalue weighted by Crippen LogP contribution is 2.06. The molecule has 1 fully saturated rings. The van der Waals surface area contributed by atoms with Crippen molar-refractivity contribution in [2.75, 3.05) is 26.2 Å². The van der Waals surface area contributed by atoms with Crippen LogP contribution in [0.1, 0.15) is 22.8 Å². The van der Waals surface area contributed by atoms with Crippen LogP contribution in [-0.4, -0.2) is 44.2 Å². The fourth-order valence-corrected chi connectivity index (χ4v) is 2.12. The molecule has 0 spiro atoms. The van der Waals surface area contributed by atoms with E-state index in [1.807, 2.05) is 19.1 Å². The Labute approximate surface area is 124 Å². The van der Waals surface area contributed by atoms with Crippen molar-refractivity contribution < 1.29 is 14.3 Å². The Morgan fingerprint density at radius 1 is 1.38 bits per heavy atom. The number of ether oxygens (including phenoxy) is 1. The van der Waals surface area contributed by atoms with Crippen LogP contribution in [0.5, 0.6) is 0 Å². The molecule has 1 heterocycles. The number of rotatable bonds is 5. The Kier molecular flexibility index (Phi) is 5.71. The molecule has 0 aliphatic carbocycles. The van der Waals surface area contributed by atoms with Gasteiger partial charge in [-0.1, -0.05) is 12.1 Å². The SMILES string of the molecule is CCNC(=O)c1cccc(CNC(=O)C2CNCCO2)c1. The number of benzene rings is 1. The summed E-state index contributed by atoms with van der Waals surface area (Å²) in [7, 11) is 0. The molecular formula is C15H21N3O3. The average molecular weight is 291 g/mol. The van der Waals surface area contributed by atoms with Gasteiger partial charge in [0.15, 0.2) is 0 Å². The van der Waals surface area contributed by atoms with Gasteiger partial charge < -0.3 is 20.7 Å². The van der Waals surface area contributed by atoms with E-state index in [1.165, 1.54) is 0 Å². The number of hydrogen-bond donors (Lipinski definition) is 3. The maximum Gasteiger partial charge on any atom is 0.251 e. The first-order chi connectivity index (χ1) is 10.2. The summed E-state index contributed by atoms with van der Waals surface area (Å²) in [5, 5.41) is 8.70. The predicted molar refractivity (Wildman–Crippen MR) is 78.9 cm³/mol. The molecule has 0 bridgehead atoms. The molecule has 1 aliphatic rings. The van der Waals surface area contributed by atoms with Gasteiger partial charge in [-0.05, 0) is 24.6 Å². The molecule has 1 aromatic carbocycles. The molecule has 0 saturated carbocycles. The van der Waals surface area contributed by atoms with E-state index < -0.39 is 6.10 Å². The fraction of sp³-hybridized carbons (Fsp3) is 0.467. The van der Waals surface area contributed by atoms with Crippen LogP contribution in [0.15, 0.2) is 24.3 Å². The average Bonchev–Trinajstić information content (AvgIpc) is 2.54. The lowest BCUT2D eigenvalue weighted by Crippen LogP contribution is -2.47. The molecule has 21 heavy (non-hydrogen) atoms. The van der Waals surface area contributed by atoms with Crippen LogP contribution >= 0.6 is 0 Å². The highest BCUT2D eigenvalue weighted by atomic mass is 16.5. The van der Waals surface area contributed by atoms with Gasteiger partial charge in [-0.25, -0.2) is 0 Å². The third-order valence-electron chi connectivity index (χ3n) is 3.21. The van der Waals surface area contributed by atoms with Gasteiger partial charge in [-0.2, -0.15) is 0 Å². The van der Waals surface area contributed by atoms with Crippen molar-refractivity contribution in [1.82, 2.24) is 16.0 Å². The van der Waals surface area contributed by atoms with E-state index in [0.717, 1.165) is 12.1 Å². The van der Waals surface area contributed by atoms with E-state index in [9.17, 15) is 9.59 Å². The lowest BCUT2D eigenvalue weighted by molar-refractivity contribution is -0.134. The third-order valence-corrected chi connectivity index (χ3v) is 3.21. The van der Waals surface area contributed by atoms with Crippen molar-refractivity contribution in [3.05, 3.63) is 35.4 Å². The number of nitrogens with one attached hydrogen (secondary N) is 3. The minimum absolute atomic E-state index is 0.106. The first-order valence-electron chi connectivity index (χ1n) is 7.18. The monoisotopic (exact) mass is 291 g/mol. The van der Waals surface area contributed by atoms with Crippen LogP contribution in [0.3, 0.4) is 0 Å². The number of morpholine rings is 1. The minimum atomic E-state index is -0.440. The van der Waals surface area contributed by atoms with Crippen LogP contribution in [0.25, 0.3) is 0 Å². The van der Waals surface area contributed by atoms with E-state index in [4.69, 9.17) is 4.74 Å². The summed E-state index contributed by atoms with van der Waals surface area (Å²) in [6.07, 6.45) is -0.440. The first kappa shape index (κ1) is 15.5. The Bertz CT molecular complexity index is 499. The topological polar surface area (TPSA) is 79.5 Å². The molecule has 1 atom stereocenters. The first-order valence-corrected chi connectivity index (χ1v) is 7.18. The molecule has 6 heteroatoms. The molecule has 1 saturated heterocycles. The van der Waals surface area contributed by atoms with Crippen molar-refractivity contribution in [3.8, 4) is 0 Å². The van der Waals surface area contributed by atoms with E-state index in [2.05, 4.69) is 16.0 Å². The van der Waals surface area contributed by atoms with Crippen molar-refractivity contribution in [1.29, 1.82) is 0 Å². The van der Waals surface area contributed by atoms with E-state index in [1.54, 1.807) is 12.1 Å². The van der Waals surface area contributed by atoms with E-state index in [-0.39, 0.29) is 11.8 Å². The maximum atomic E-state index is 11.9. The van der Waals surface area contributed by atoms with Gasteiger partial charge in [-0.3, -0.25) is 9.59 Å². The maximum absolute atomic E-state index is 11.9. The lowest BCUT2D eigenvalue weighted by atomic mass is 10.1. The third kappa shape index (κ3) is 4.54. The van der Waals surface area contributed by atoms with Crippen molar-refractivity contribution >= 4 is 11.8 Å². The molecule has 6 nitrogen and oxygen atoms in total. The molecule has 1 aliphatic heterocycles. The normalized spacial score (nSPS) is 18.0. The largest absolute Gasteiger partial charge is 0.366 e. The molecule has 1 aromatic rings. The smallest absolute Gasteiger partial charge is 0.251 e. The second-order valence-corrected chi connectivity index (χ2v) is 4.84. The number of carbonyl (C=O) groups excluding carboxylic acids is 2. The summed E-state index contributed by atoms with van der Waals surface area (Å²) in [5.74, 6) is -0.240. The molecule has 2 rings (SSSR count). The van der Waals surface area contributed by atoms with Crippen LogP contribution < -0.4 is 16.0 Å². The van der Waals surface area contributed by atoms with Crippen LogP contribution in [0, 0.1) is 0 Å². The molecule has 0 aromatic heterocycles. The zero-order chi connectivity index (χ0) is 15.1. The van der Waals surface area contributed by atoms with Gasteiger partial charge in [0.25, 0.3) is 11.8 Å².